The van der Waals surface area contributed by atoms with Crippen molar-refractivity contribution in [3.05, 3.63) is 120 Å². The number of aryl methyl sites for hydroxylation is 1. The number of methoxy groups -OCH3 is 1. The highest BCUT2D eigenvalue weighted by Crippen LogP contribution is 2.30. The van der Waals surface area contributed by atoms with Crippen LogP contribution in [-0.4, -0.2) is 23.9 Å². The van der Waals surface area contributed by atoms with Crippen molar-refractivity contribution in [3.8, 4) is 17.0 Å². The van der Waals surface area contributed by atoms with E-state index in [0.29, 0.717) is 28.3 Å². The Morgan fingerprint density at radius 3 is 2.22 bits per heavy atom. The SMILES string of the molecule is COc1ccc(NC(=O)c2cc(-c3ccccc3)nc3c(C)cccc23)cc1NC(=O)c1ccccc1. The van der Waals surface area contributed by atoms with Crippen LogP contribution in [0.2, 0.25) is 0 Å². The van der Waals surface area contributed by atoms with Gasteiger partial charge in [0.2, 0.25) is 0 Å². The topological polar surface area (TPSA) is 80.3 Å². The van der Waals surface area contributed by atoms with E-state index in [1.54, 1.807) is 42.5 Å². The molecule has 1 heterocycles. The van der Waals surface area contributed by atoms with Crippen molar-refractivity contribution in [1.29, 1.82) is 0 Å². The Bertz CT molecular complexity index is 1600. The minimum absolute atomic E-state index is 0.273. The number of para-hydroxylation sites is 1. The number of carbonyl (C=O) groups is 2. The molecule has 37 heavy (non-hydrogen) atoms. The van der Waals surface area contributed by atoms with Gasteiger partial charge in [0, 0.05) is 22.2 Å². The number of nitrogens with one attached hydrogen (secondary N) is 2. The second-order valence-electron chi connectivity index (χ2n) is 8.58. The lowest BCUT2D eigenvalue weighted by Gasteiger charge is -2.14. The molecular weight excluding hydrogens is 462 g/mol. The first kappa shape index (κ1) is 23.8. The standard InChI is InChI=1S/C31H25N3O3/c1-20-10-9-15-24-25(19-26(33-29(20)24)21-11-5-3-6-12-21)31(36)32-23-16-17-28(37-2)27(18-23)34-30(35)22-13-7-4-8-14-22/h3-19H,1-2H3,(H,32,36)(H,34,35). The Hall–Kier alpha value is -4.97. The molecule has 0 radical (unpaired) electrons. The van der Waals surface area contributed by atoms with Crippen molar-refractivity contribution in [2.45, 2.75) is 6.92 Å². The van der Waals surface area contributed by atoms with Crippen LogP contribution in [0.1, 0.15) is 26.3 Å². The van der Waals surface area contributed by atoms with Gasteiger partial charge in [-0.3, -0.25) is 9.59 Å². The Balaban J connectivity index is 1.49. The van der Waals surface area contributed by atoms with E-state index in [2.05, 4.69) is 10.6 Å². The number of anilines is 2. The number of ether oxygens (including phenoxy) is 1. The first-order valence-corrected chi connectivity index (χ1v) is 11.8. The highest BCUT2D eigenvalue weighted by molar-refractivity contribution is 6.14. The van der Waals surface area contributed by atoms with E-state index in [4.69, 9.17) is 9.72 Å². The molecule has 0 unspecified atom stereocenters. The molecule has 0 aliphatic heterocycles. The fourth-order valence-electron chi connectivity index (χ4n) is 4.20. The maximum Gasteiger partial charge on any atom is 0.256 e. The van der Waals surface area contributed by atoms with Gasteiger partial charge in [0.1, 0.15) is 5.75 Å². The quantitative estimate of drug-likeness (QED) is 0.278. The van der Waals surface area contributed by atoms with Gasteiger partial charge >= 0.3 is 0 Å². The van der Waals surface area contributed by atoms with Crippen LogP contribution in [-0.2, 0) is 0 Å². The number of hydrogen-bond acceptors (Lipinski definition) is 4. The number of nitrogens with zero attached hydrogens (tertiary/aromatic N) is 1. The molecule has 0 spiro atoms. The molecular formula is C31H25N3O3. The number of hydrogen-bond donors (Lipinski definition) is 2. The Kier molecular flexibility index (Phi) is 6.64. The highest BCUT2D eigenvalue weighted by atomic mass is 16.5. The molecule has 2 N–H and O–H groups in total. The van der Waals surface area contributed by atoms with Gasteiger partial charge in [0.15, 0.2) is 0 Å². The van der Waals surface area contributed by atoms with Gasteiger partial charge in [-0.1, -0.05) is 66.7 Å². The van der Waals surface area contributed by atoms with Crippen LogP contribution < -0.4 is 15.4 Å². The van der Waals surface area contributed by atoms with Crippen LogP contribution in [0, 0.1) is 6.92 Å². The zero-order valence-electron chi connectivity index (χ0n) is 20.5. The summed E-state index contributed by atoms with van der Waals surface area (Å²) < 4.78 is 5.43. The molecule has 0 aliphatic carbocycles. The third-order valence-electron chi connectivity index (χ3n) is 6.10. The average molecular weight is 488 g/mol. The summed E-state index contributed by atoms with van der Waals surface area (Å²) in [5.41, 5.74) is 5.42. The zero-order chi connectivity index (χ0) is 25.8. The van der Waals surface area contributed by atoms with Crippen molar-refractivity contribution >= 4 is 34.1 Å². The Labute approximate surface area is 215 Å². The molecule has 0 saturated carbocycles. The van der Waals surface area contributed by atoms with Crippen LogP contribution in [0.4, 0.5) is 11.4 Å². The smallest absolute Gasteiger partial charge is 0.256 e. The van der Waals surface area contributed by atoms with Crippen molar-refractivity contribution in [1.82, 2.24) is 4.98 Å². The summed E-state index contributed by atoms with van der Waals surface area (Å²) in [4.78, 5) is 31.2. The van der Waals surface area contributed by atoms with E-state index in [1.807, 2.05) is 67.6 Å². The summed E-state index contributed by atoms with van der Waals surface area (Å²) in [7, 11) is 1.53. The Morgan fingerprint density at radius 1 is 0.757 bits per heavy atom. The number of fused-ring (bicyclic) bond motifs is 1. The first-order chi connectivity index (χ1) is 18.0. The molecule has 2 amide bonds. The summed E-state index contributed by atoms with van der Waals surface area (Å²) >= 11 is 0. The predicted molar refractivity (Wildman–Crippen MR) is 147 cm³/mol. The molecule has 0 aliphatic rings. The number of aromatic nitrogens is 1. The fraction of sp³-hybridized carbons (Fsp3) is 0.0645. The maximum atomic E-state index is 13.6. The Morgan fingerprint density at radius 2 is 1.49 bits per heavy atom. The van der Waals surface area contributed by atoms with E-state index in [0.717, 1.165) is 27.7 Å². The van der Waals surface area contributed by atoms with Gasteiger partial charge < -0.3 is 15.4 Å². The van der Waals surface area contributed by atoms with Crippen LogP contribution in [0.25, 0.3) is 22.2 Å². The van der Waals surface area contributed by atoms with E-state index in [9.17, 15) is 9.59 Å². The van der Waals surface area contributed by atoms with E-state index in [1.165, 1.54) is 7.11 Å². The normalized spacial score (nSPS) is 10.6. The molecule has 0 saturated heterocycles. The monoisotopic (exact) mass is 487 g/mol. The van der Waals surface area contributed by atoms with Gasteiger partial charge in [-0.05, 0) is 48.9 Å². The molecule has 6 nitrogen and oxygen atoms in total. The number of pyridine rings is 1. The van der Waals surface area contributed by atoms with E-state index < -0.39 is 0 Å². The third kappa shape index (κ3) is 5.04. The van der Waals surface area contributed by atoms with Crippen LogP contribution in [0.3, 0.4) is 0 Å². The number of rotatable bonds is 6. The third-order valence-corrected chi connectivity index (χ3v) is 6.10. The number of benzene rings is 4. The van der Waals surface area contributed by atoms with Gasteiger partial charge in [0.05, 0.1) is 29.6 Å². The summed E-state index contributed by atoms with van der Waals surface area (Å²) in [5.74, 6) is -0.0650. The molecule has 5 aromatic rings. The second kappa shape index (κ2) is 10.3. The van der Waals surface area contributed by atoms with Crippen molar-refractivity contribution in [2.24, 2.45) is 0 Å². The van der Waals surface area contributed by atoms with Gasteiger partial charge in [-0.2, -0.15) is 0 Å². The first-order valence-electron chi connectivity index (χ1n) is 11.8. The van der Waals surface area contributed by atoms with Crippen LogP contribution in [0.15, 0.2) is 103 Å². The molecule has 0 fully saturated rings. The zero-order valence-corrected chi connectivity index (χ0v) is 20.5. The summed E-state index contributed by atoms with van der Waals surface area (Å²) in [6.45, 7) is 1.98. The van der Waals surface area contributed by atoms with Crippen LogP contribution in [0.5, 0.6) is 5.75 Å². The molecule has 4 aromatic carbocycles. The fourth-order valence-corrected chi connectivity index (χ4v) is 4.20. The number of amides is 2. The minimum atomic E-state index is -0.277. The lowest BCUT2D eigenvalue weighted by molar-refractivity contribution is 0.102. The summed E-state index contributed by atoms with van der Waals surface area (Å²) in [6.07, 6.45) is 0. The molecule has 1 aromatic heterocycles. The predicted octanol–water partition coefficient (Wildman–Crippen LogP) is 6.72. The largest absolute Gasteiger partial charge is 0.495 e. The molecule has 6 heteroatoms. The summed E-state index contributed by atoms with van der Waals surface area (Å²) in [5, 5.41) is 6.62. The lowest BCUT2D eigenvalue weighted by atomic mass is 10.0. The second-order valence-corrected chi connectivity index (χ2v) is 8.58. The molecule has 5 rings (SSSR count). The van der Waals surface area contributed by atoms with E-state index >= 15 is 0 Å². The van der Waals surface area contributed by atoms with E-state index in [-0.39, 0.29) is 11.8 Å². The van der Waals surface area contributed by atoms with Crippen molar-refractivity contribution < 1.29 is 14.3 Å². The molecule has 182 valence electrons. The summed E-state index contributed by atoms with van der Waals surface area (Å²) in [6, 6.07) is 31.4. The number of carbonyl (C=O) groups excluding carboxylic acids is 2. The van der Waals surface area contributed by atoms with Crippen molar-refractivity contribution in [2.75, 3.05) is 17.7 Å². The van der Waals surface area contributed by atoms with Gasteiger partial charge in [-0.25, -0.2) is 4.98 Å². The molecule has 0 bridgehead atoms. The van der Waals surface area contributed by atoms with Crippen molar-refractivity contribution in [3.63, 3.8) is 0 Å². The van der Waals surface area contributed by atoms with Gasteiger partial charge in [0.25, 0.3) is 11.8 Å². The van der Waals surface area contributed by atoms with Crippen LogP contribution >= 0.6 is 0 Å². The van der Waals surface area contributed by atoms with Gasteiger partial charge in [-0.15, -0.1) is 0 Å². The highest BCUT2D eigenvalue weighted by Gasteiger charge is 2.17. The maximum absolute atomic E-state index is 13.6. The molecule has 0 atom stereocenters. The average Bonchev–Trinajstić information content (AvgIpc) is 2.94. The lowest BCUT2D eigenvalue weighted by Crippen LogP contribution is -2.15. The minimum Gasteiger partial charge on any atom is -0.495 e.